The van der Waals surface area contributed by atoms with Crippen LogP contribution in [0.5, 0.6) is 0 Å². The van der Waals surface area contributed by atoms with E-state index in [0.717, 1.165) is 16.9 Å². The highest BCUT2D eigenvalue weighted by molar-refractivity contribution is 7.88. The van der Waals surface area contributed by atoms with Gasteiger partial charge in [-0.1, -0.05) is 12.1 Å². The molecule has 5 nitrogen and oxygen atoms in total. The minimum Gasteiger partial charge on any atom is -0.326 e. The van der Waals surface area contributed by atoms with Gasteiger partial charge < -0.3 is 4.57 Å². The number of imidazole rings is 1. The summed E-state index contributed by atoms with van der Waals surface area (Å²) in [6.45, 7) is 1.56. The lowest BCUT2D eigenvalue weighted by molar-refractivity contribution is 0.341. The van der Waals surface area contributed by atoms with Crippen molar-refractivity contribution in [3.63, 3.8) is 0 Å². The smallest absolute Gasteiger partial charge is 0.211 e. The molecule has 2 heterocycles. The van der Waals surface area contributed by atoms with E-state index in [1.54, 1.807) is 0 Å². The highest BCUT2D eigenvalue weighted by atomic mass is 32.2. The summed E-state index contributed by atoms with van der Waals surface area (Å²) in [5, 5.41) is 0. The lowest BCUT2D eigenvalue weighted by atomic mass is 10.3. The average Bonchev–Trinajstić information content (AvgIpc) is 2.65. The van der Waals surface area contributed by atoms with Gasteiger partial charge in [0.2, 0.25) is 10.0 Å². The van der Waals surface area contributed by atoms with Gasteiger partial charge in [0.25, 0.3) is 0 Å². The van der Waals surface area contributed by atoms with E-state index in [2.05, 4.69) is 9.55 Å². The van der Waals surface area contributed by atoms with E-state index in [1.165, 1.54) is 10.6 Å². The van der Waals surface area contributed by atoms with Crippen LogP contribution in [0, 0.1) is 0 Å². The molecular formula is C11H13N3O2S. The molecule has 90 valence electrons. The van der Waals surface area contributed by atoms with Crippen LogP contribution in [0.2, 0.25) is 0 Å². The zero-order chi connectivity index (χ0) is 12.0. The molecule has 1 aromatic carbocycles. The Balaban J connectivity index is 2.09. The Hall–Kier alpha value is -1.40. The van der Waals surface area contributed by atoms with Gasteiger partial charge in [0.15, 0.2) is 0 Å². The predicted octanol–water partition coefficient (Wildman–Crippen LogP) is 0.811. The molecule has 1 aromatic heterocycles. The number of benzene rings is 1. The molecule has 0 amide bonds. The Kier molecular flexibility index (Phi) is 2.24. The van der Waals surface area contributed by atoms with Gasteiger partial charge in [-0.25, -0.2) is 13.4 Å². The molecule has 0 unspecified atom stereocenters. The Morgan fingerprint density at radius 1 is 1.24 bits per heavy atom. The summed E-state index contributed by atoms with van der Waals surface area (Å²) in [6.07, 6.45) is 1.24. The topological polar surface area (TPSA) is 55.2 Å². The van der Waals surface area contributed by atoms with E-state index in [1.807, 2.05) is 24.3 Å². The molecule has 0 N–H and O–H groups in total. The third-order valence-corrected chi connectivity index (χ3v) is 4.34. The number of hydrogen-bond donors (Lipinski definition) is 0. The summed E-state index contributed by atoms with van der Waals surface area (Å²) in [4.78, 5) is 4.47. The van der Waals surface area contributed by atoms with Gasteiger partial charge in [-0.05, 0) is 12.1 Å². The number of fused-ring (bicyclic) bond motifs is 3. The van der Waals surface area contributed by atoms with Crippen LogP contribution in [0.15, 0.2) is 24.3 Å². The fraction of sp³-hybridized carbons (Fsp3) is 0.364. The van der Waals surface area contributed by atoms with Crippen molar-refractivity contribution >= 4 is 21.1 Å². The van der Waals surface area contributed by atoms with Crippen LogP contribution < -0.4 is 0 Å². The molecular weight excluding hydrogens is 238 g/mol. The first-order chi connectivity index (χ1) is 8.05. The lowest BCUT2D eigenvalue weighted by Gasteiger charge is -2.25. The Labute approximate surface area is 99.7 Å². The van der Waals surface area contributed by atoms with E-state index in [9.17, 15) is 8.42 Å². The summed E-state index contributed by atoms with van der Waals surface area (Å²) in [5.41, 5.74) is 2.01. The minimum atomic E-state index is -3.13. The maximum atomic E-state index is 11.5. The van der Waals surface area contributed by atoms with E-state index in [0.29, 0.717) is 19.6 Å². The van der Waals surface area contributed by atoms with Crippen LogP contribution in [-0.4, -0.2) is 35.1 Å². The van der Waals surface area contributed by atoms with Crippen molar-refractivity contribution in [2.24, 2.45) is 0 Å². The quantitative estimate of drug-likeness (QED) is 0.753. The maximum absolute atomic E-state index is 11.5. The third-order valence-electron chi connectivity index (χ3n) is 3.09. The second-order valence-electron chi connectivity index (χ2n) is 4.26. The number of hydrogen-bond acceptors (Lipinski definition) is 3. The predicted molar refractivity (Wildman–Crippen MR) is 65.0 cm³/mol. The summed E-state index contributed by atoms with van der Waals surface area (Å²) in [6, 6.07) is 7.88. The molecule has 0 bridgehead atoms. The van der Waals surface area contributed by atoms with E-state index in [4.69, 9.17) is 0 Å². The molecule has 1 aliphatic rings. The Morgan fingerprint density at radius 3 is 2.76 bits per heavy atom. The van der Waals surface area contributed by atoms with Crippen LogP contribution in [0.3, 0.4) is 0 Å². The molecule has 17 heavy (non-hydrogen) atoms. The first-order valence-corrected chi connectivity index (χ1v) is 7.30. The van der Waals surface area contributed by atoms with Gasteiger partial charge in [-0.2, -0.15) is 4.31 Å². The van der Waals surface area contributed by atoms with E-state index < -0.39 is 10.0 Å². The molecule has 0 spiro atoms. The number of para-hydroxylation sites is 2. The number of sulfonamides is 1. The van der Waals surface area contributed by atoms with Gasteiger partial charge in [0.05, 0.1) is 23.8 Å². The summed E-state index contributed by atoms with van der Waals surface area (Å²) < 4.78 is 26.6. The molecule has 3 rings (SSSR count). The number of nitrogens with zero attached hydrogens (tertiary/aromatic N) is 3. The summed E-state index contributed by atoms with van der Waals surface area (Å²) >= 11 is 0. The Morgan fingerprint density at radius 2 is 2.00 bits per heavy atom. The molecule has 1 aliphatic heterocycles. The lowest BCUT2D eigenvalue weighted by Crippen LogP contribution is -2.37. The molecule has 6 heteroatoms. The largest absolute Gasteiger partial charge is 0.326 e. The second-order valence-corrected chi connectivity index (χ2v) is 6.25. The van der Waals surface area contributed by atoms with Crippen LogP contribution in [0.25, 0.3) is 11.0 Å². The standard InChI is InChI=1S/C11H13N3O2S/c1-17(15,16)13-6-7-14-10-5-3-2-4-9(10)12-11(14)8-13/h2-5H,6-8H2,1H3. The molecule has 0 radical (unpaired) electrons. The van der Waals surface area contributed by atoms with Gasteiger partial charge in [0, 0.05) is 13.1 Å². The van der Waals surface area contributed by atoms with E-state index in [-0.39, 0.29) is 0 Å². The van der Waals surface area contributed by atoms with Crippen molar-refractivity contribution in [2.45, 2.75) is 13.1 Å². The SMILES string of the molecule is CS(=O)(=O)N1CCn2c(nc3ccccc32)C1. The van der Waals surface area contributed by atoms with Crippen molar-refractivity contribution in [3.8, 4) is 0 Å². The highest BCUT2D eigenvalue weighted by Crippen LogP contribution is 2.21. The van der Waals surface area contributed by atoms with Crippen molar-refractivity contribution in [1.82, 2.24) is 13.9 Å². The molecule has 0 aliphatic carbocycles. The molecule has 0 atom stereocenters. The van der Waals surface area contributed by atoms with Crippen LogP contribution in [0.4, 0.5) is 0 Å². The number of aromatic nitrogens is 2. The van der Waals surface area contributed by atoms with Gasteiger partial charge >= 0.3 is 0 Å². The van der Waals surface area contributed by atoms with Crippen LogP contribution in [0.1, 0.15) is 5.82 Å². The zero-order valence-corrected chi connectivity index (χ0v) is 10.3. The first kappa shape index (κ1) is 10.7. The fourth-order valence-electron chi connectivity index (χ4n) is 2.23. The monoisotopic (exact) mass is 251 g/mol. The van der Waals surface area contributed by atoms with Crippen molar-refractivity contribution < 1.29 is 8.42 Å². The normalized spacial score (nSPS) is 17.2. The van der Waals surface area contributed by atoms with Crippen molar-refractivity contribution in [1.29, 1.82) is 0 Å². The first-order valence-electron chi connectivity index (χ1n) is 5.45. The van der Waals surface area contributed by atoms with Gasteiger partial charge in [-0.15, -0.1) is 0 Å². The molecule has 0 saturated carbocycles. The minimum absolute atomic E-state index is 0.369. The fourth-order valence-corrected chi connectivity index (χ4v) is 2.99. The van der Waals surface area contributed by atoms with Crippen LogP contribution in [-0.2, 0) is 23.1 Å². The third kappa shape index (κ3) is 1.73. The second kappa shape index (κ2) is 3.54. The summed E-state index contributed by atoms with van der Waals surface area (Å²) in [5.74, 6) is 0.822. The molecule has 0 fully saturated rings. The van der Waals surface area contributed by atoms with Gasteiger partial charge in [0.1, 0.15) is 5.82 Å². The van der Waals surface area contributed by atoms with Crippen molar-refractivity contribution in [3.05, 3.63) is 30.1 Å². The van der Waals surface area contributed by atoms with E-state index >= 15 is 0 Å². The van der Waals surface area contributed by atoms with Gasteiger partial charge in [-0.3, -0.25) is 0 Å². The maximum Gasteiger partial charge on any atom is 0.211 e. The zero-order valence-electron chi connectivity index (χ0n) is 9.50. The average molecular weight is 251 g/mol. The molecule has 2 aromatic rings. The summed E-state index contributed by atoms with van der Waals surface area (Å²) in [7, 11) is -3.13. The van der Waals surface area contributed by atoms with Crippen LogP contribution >= 0.6 is 0 Å². The Bertz CT molecular complexity index is 675. The highest BCUT2D eigenvalue weighted by Gasteiger charge is 2.25. The number of rotatable bonds is 1. The van der Waals surface area contributed by atoms with Crippen molar-refractivity contribution in [2.75, 3.05) is 12.8 Å². The molecule has 0 saturated heterocycles.